The van der Waals surface area contributed by atoms with Crippen molar-refractivity contribution in [3.05, 3.63) is 12.2 Å². The van der Waals surface area contributed by atoms with Crippen molar-refractivity contribution >= 4 is 11.9 Å². The quantitative estimate of drug-likeness (QED) is 0.408. The first kappa shape index (κ1) is 24.2. The highest BCUT2D eigenvalue weighted by molar-refractivity contribution is 5.89. The number of alkyl halides is 6. The molecule has 0 heterocycles. The minimum Gasteiger partial charge on any atom is -0.456 e. The van der Waals surface area contributed by atoms with E-state index >= 15 is 0 Å². The number of carbonyl (C=O) groups excluding carboxylic acids is 2. The van der Waals surface area contributed by atoms with E-state index in [1.54, 1.807) is 0 Å². The third-order valence-electron chi connectivity index (χ3n) is 3.57. The van der Waals surface area contributed by atoms with E-state index in [1.165, 1.54) is 13.8 Å². The molecule has 1 N–H and O–H groups in total. The molecule has 0 spiro atoms. The van der Waals surface area contributed by atoms with Crippen LogP contribution in [0.25, 0.3) is 0 Å². The standard InChI is InChI=1S/C15H20F6O5/c1-6-9(25-11(22)7(2)3)12(23)26-10(8(4)14(16,17)18)13(5,24)15(19,20)21/h8-10,24H,2,6H2,1,3-5H3. The Kier molecular flexibility index (Phi) is 7.71. The van der Waals surface area contributed by atoms with Gasteiger partial charge in [-0.25, -0.2) is 9.59 Å². The normalized spacial score (nSPS) is 18.3. The first-order chi connectivity index (χ1) is 11.5. The lowest BCUT2D eigenvalue weighted by Gasteiger charge is -2.38. The molecule has 0 aromatic rings. The summed E-state index contributed by atoms with van der Waals surface area (Å²) in [5.74, 6) is -5.57. The molecule has 0 bridgehead atoms. The van der Waals surface area contributed by atoms with Crippen LogP contribution in [0.2, 0.25) is 0 Å². The highest BCUT2D eigenvalue weighted by Gasteiger charge is 2.62. The van der Waals surface area contributed by atoms with E-state index in [0.717, 1.165) is 0 Å². The summed E-state index contributed by atoms with van der Waals surface area (Å²) < 4.78 is 86.6. The van der Waals surface area contributed by atoms with Crippen molar-refractivity contribution in [2.75, 3.05) is 0 Å². The zero-order valence-corrected chi connectivity index (χ0v) is 14.5. The van der Waals surface area contributed by atoms with Crippen molar-refractivity contribution in [1.82, 2.24) is 0 Å². The third kappa shape index (κ3) is 5.89. The second-order valence-electron chi connectivity index (χ2n) is 5.92. The van der Waals surface area contributed by atoms with Crippen LogP contribution in [0.1, 0.15) is 34.1 Å². The molecule has 0 amide bonds. The summed E-state index contributed by atoms with van der Waals surface area (Å²) in [5, 5.41) is 9.59. The third-order valence-corrected chi connectivity index (χ3v) is 3.57. The van der Waals surface area contributed by atoms with E-state index in [4.69, 9.17) is 0 Å². The van der Waals surface area contributed by atoms with Crippen molar-refractivity contribution in [2.45, 2.75) is 64.3 Å². The molecule has 0 aliphatic heterocycles. The number of rotatable bonds is 7. The number of aliphatic hydroxyl groups is 1. The zero-order chi connectivity index (χ0) is 21.1. The van der Waals surface area contributed by atoms with E-state index in [-0.39, 0.29) is 18.9 Å². The Hall–Kier alpha value is -1.78. The molecule has 5 nitrogen and oxygen atoms in total. The number of esters is 2. The summed E-state index contributed by atoms with van der Waals surface area (Å²) in [6.45, 7) is 6.15. The minimum atomic E-state index is -5.52. The number of hydrogen-bond acceptors (Lipinski definition) is 5. The summed E-state index contributed by atoms with van der Waals surface area (Å²) in [6, 6.07) is 0. The molecule has 0 aliphatic carbocycles. The second-order valence-corrected chi connectivity index (χ2v) is 5.92. The molecular formula is C15H20F6O5. The van der Waals surface area contributed by atoms with Crippen LogP contribution in [0.3, 0.4) is 0 Å². The van der Waals surface area contributed by atoms with Gasteiger partial charge in [0.25, 0.3) is 0 Å². The van der Waals surface area contributed by atoms with Crippen molar-refractivity contribution < 1.29 is 50.5 Å². The second kappa shape index (κ2) is 8.28. The number of hydrogen-bond donors (Lipinski definition) is 1. The fraction of sp³-hybridized carbons (Fsp3) is 0.733. The lowest BCUT2D eigenvalue weighted by Crippen LogP contribution is -2.59. The average molecular weight is 394 g/mol. The highest BCUT2D eigenvalue weighted by atomic mass is 19.4. The Morgan fingerprint density at radius 1 is 1.12 bits per heavy atom. The maximum atomic E-state index is 13.0. The van der Waals surface area contributed by atoms with Gasteiger partial charge in [-0.1, -0.05) is 20.4 Å². The first-order valence-corrected chi connectivity index (χ1v) is 7.39. The van der Waals surface area contributed by atoms with Crippen molar-refractivity contribution in [2.24, 2.45) is 5.92 Å². The number of carbonyl (C=O) groups is 2. The monoisotopic (exact) mass is 394 g/mol. The number of ether oxygens (including phenoxy) is 2. The molecule has 0 radical (unpaired) electrons. The van der Waals surface area contributed by atoms with Crippen molar-refractivity contribution in [3.63, 3.8) is 0 Å². The van der Waals surface area contributed by atoms with Gasteiger partial charge in [-0.3, -0.25) is 0 Å². The Morgan fingerprint density at radius 2 is 1.58 bits per heavy atom. The van der Waals surface area contributed by atoms with Crippen molar-refractivity contribution in [3.8, 4) is 0 Å². The van der Waals surface area contributed by atoms with Gasteiger partial charge in [0.15, 0.2) is 17.8 Å². The summed E-state index contributed by atoms with van der Waals surface area (Å²) in [5.41, 5.74) is -4.13. The number of halogens is 6. The maximum Gasteiger partial charge on any atom is 0.420 e. The Bertz CT molecular complexity index is 538. The molecule has 0 aromatic carbocycles. The first-order valence-electron chi connectivity index (χ1n) is 7.39. The molecular weight excluding hydrogens is 374 g/mol. The van der Waals surface area contributed by atoms with Gasteiger partial charge in [0.2, 0.25) is 0 Å². The van der Waals surface area contributed by atoms with Gasteiger partial charge in [-0.15, -0.1) is 0 Å². The van der Waals surface area contributed by atoms with E-state index in [1.807, 2.05) is 0 Å². The van der Waals surface area contributed by atoms with E-state index in [0.29, 0.717) is 6.92 Å². The fourth-order valence-electron chi connectivity index (χ4n) is 1.77. The molecule has 152 valence electrons. The lowest BCUT2D eigenvalue weighted by atomic mass is 9.88. The minimum absolute atomic E-state index is 0.0635. The van der Waals surface area contributed by atoms with Gasteiger partial charge in [-0.2, -0.15) is 26.3 Å². The van der Waals surface area contributed by atoms with Crippen LogP contribution in [0.5, 0.6) is 0 Å². The summed E-state index contributed by atoms with van der Waals surface area (Å²) in [4.78, 5) is 23.4. The van der Waals surface area contributed by atoms with Gasteiger partial charge in [-0.05, 0) is 20.3 Å². The van der Waals surface area contributed by atoms with Crippen LogP contribution in [-0.4, -0.2) is 47.2 Å². The molecule has 0 saturated carbocycles. The molecule has 4 unspecified atom stereocenters. The van der Waals surface area contributed by atoms with Gasteiger partial charge in [0, 0.05) is 5.57 Å². The lowest BCUT2D eigenvalue weighted by molar-refractivity contribution is -0.311. The largest absolute Gasteiger partial charge is 0.456 e. The van der Waals surface area contributed by atoms with Crippen LogP contribution >= 0.6 is 0 Å². The van der Waals surface area contributed by atoms with E-state index in [9.17, 15) is 41.0 Å². The van der Waals surface area contributed by atoms with Crippen LogP contribution in [-0.2, 0) is 19.1 Å². The predicted molar refractivity (Wildman–Crippen MR) is 76.8 cm³/mol. The summed E-state index contributed by atoms with van der Waals surface area (Å²) in [7, 11) is 0. The molecule has 26 heavy (non-hydrogen) atoms. The van der Waals surface area contributed by atoms with Crippen LogP contribution in [0.4, 0.5) is 26.3 Å². The van der Waals surface area contributed by atoms with Crippen LogP contribution in [0, 0.1) is 5.92 Å². The summed E-state index contributed by atoms with van der Waals surface area (Å²) >= 11 is 0. The van der Waals surface area contributed by atoms with Gasteiger partial charge in [0.05, 0.1) is 5.92 Å². The Labute approximate surface area is 145 Å². The smallest absolute Gasteiger partial charge is 0.420 e. The van der Waals surface area contributed by atoms with Gasteiger partial charge < -0.3 is 14.6 Å². The van der Waals surface area contributed by atoms with Gasteiger partial charge in [0.1, 0.15) is 0 Å². The maximum absolute atomic E-state index is 13.0. The predicted octanol–water partition coefficient (Wildman–Crippen LogP) is 3.31. The molecule has 0 saturated heterocycles. The molecule has 4 atom stereocenters. The average Bonchev–Trinajstić information content (AvgIpc) is 2.46. The van der Waals surface area contributed by atoms with E-state index < -0.39 is 48.0 Å². The summed E-state index contributed by atoms with van der Waals surface area (Å²) in [6.07, 6.45) is -15.8. The van der Waals surface area contributed by atoms with E-state index in [2.05, 4.69) is 16.1 Å². The Balaban J connectivity index is 5.70. The zero-order valence-electron chi connectivity index (χ0n) is 14.5. The topological polar surface area (TPSA) is 72.8 Å². The SMILES string of the molecule is C=C(C)C(=O)OC(CC)C(=O)OC(C(C)C(F)(F)F)C(C)(O)C(F)(F)F. The van der Waals surface area contributed by atoms with Crippen LogP contribution in [0.15, 0.2) is 12.2 Å². The highest BCUT2D eigenvalue weighted by Crippen LogP contribution is 2.42. The molecule has 0 fully saturated rings. The molecule has 0 aliphatic rings. The molecule has 11 heteroatoms. The fourth-order valence-corrected chi connectivity index (χ4v) is 1.77. The van der Waals surface area contributed by atoms with Gasteiger partial charge >= 0.3 is 24.3 Å². The Morgan fingerprint density at radius 3 is 1.88 bits per heavy atom. The van der Waals surface area contributed by atoms with Crippen molar-refractivity contribution in [1.29, 1.82) is 0 Å². The molecule has 0 rings (SSSR count). The van der Waals surface area contributed by atoms with Crippen LogP contribution < -0.4 is 0 Å². The molecule has 0 aromatic heterocycles.